The Balaban J connectivity index is 2.11. The summed E-state index contributed by atoms with van der Waals surface area (Å²) in [6, 6.07) is 0. The SMILES string of the molecule is CC(C)OCCCCn1cc[nH]c1=S. The maximum absolute atomic E-state index is 5.45. The summed E-state index contributed by atoms with van der Waals surface area (Å²) in [6.45, 7) is 5.93. The number of ether oxygens (including phenoxy) is 1. The highest BCUT2D eigenvalue weighted by Crippen LogP contribution is 1.99. The molecule has 0 radical (unpaired) electrons. The first-order valence-electron chi connectivity index (χ1n) is 5.05. The lowest BCUT2D eigenvalue weighted by Crippen LogP contribution is -2.05. The summed E-state index contributed by atoms with van der Waals surface area (Å²) in [5.74, 6) is 0. The molecule has 14 heavy (non-hydrogen) atoms. The molecule has 0 unspecified atom stereocenters. The van der Waals surface area contributed by atoms with Gasteiger partial charge in [-0.1, -0.05) is 0 Å². The quantitative estimate of drug-likeness (QED) is 0.583. The number of hydrogen-bond acceptors (Lipinski definition) is 2. The monoisotopic (exact) mass is 214 g/mol. The van der Waals surface area contributed by atoms with Crippen molar-refractivity contribution in [2.45, 2.75) is 39.3 Å². The van der Waals surface area contributed by atoms with Crippen LogP contribution in [0.2, 0.25) is 0 Å². The van der Waals surface area contributed by atoms with Gasteiger partial charge in [0.2, 0.25) is 0 Å². The minimum absolute atomic E-state index is 0.337. The van der Waals surface area contributed by atoms with Crippen molar-refractivity contribution in [3.63, 3.8) is 0 Å². The van der Waals surface area contributed by atoms with Crippen LogP contribution in [0.4, 0.5) is 0 Å². The van der Waals surface area contributed by atoms with Crippen molar-refractivity contribution in [2.24, 2.45) is 0 Å². The molecule has 0 saturated heterocycles. The summed E-state index contributed by atoms with van der Waals surface area (Å²) in [4.78, 5) is 2.97. The molecule has 1 aromatic heterocycles. The van der Waals surface area contributed by atoms with Crippen LogP contribution in [0, 0.1) is 4.77 Å². The molecule has 1 rings (SSSR count). The van der Waals surface area contributed by atoms with Gasteiger partial charge in [-0.25, -0.2) is 0 Å². The van der Waals surface area contributed by atoms with Crippen LogP contribution < -0.4 is 0 Å². The fourth-order valence-corrected chi connectivity index (χ4v) is 1.45. The highest BCUT2D eigenvalue weighted by molar-refractivity contribution is 7.71. The number of aryl methyl sites for hydroxylation is 1. The van der Waals surface area contributed by atoms with E-state index in [2.05, 4.69) is 18.8 Å². The molecule has 1 heterocycles. The van der Waals surface area contributed by atoms with Gasteiger partial charge in [-0.15, -0.1) is 0 Å². The second kappa shape index (κ2) is 5.98. The van der Waals surface area contributed by atoms with Crippen molar-refractivity contribution < 1.29 is 4.74 Å². The van der Waals surface area contributed by atoms with E-state index in [0.717, 1.165) is 30.8 Å². The standard InChI is InChI=1S/C10H18N2OS/c1-9(2)13-8-4-3-6-12-7-5-11-10(12)14/h5,7,9H,3-4,6,8H2,1-2H3,(H,11,14). The second-order valence-electron chi connectivity index (χ2n) is 3.59. The Labute approximate surface area is 90.1 Å². The zero-order valence-corrected chi connectivity index (χ0v) is 9.64. The van der Waals surface area contributed by atoms with E-state index in [9.17, 15) is 0 Å². The number of imidazole rings is 1. The summed E-state index contributed by atoms with van der Waals surface area (Å²) >= 11 is 5.08. The van der Waals surface area contributed by atoms with Crippen molar-refractivity contribution in [1.82, 2.24) is 9.55 Å². The van der Waals surface area contributed by atoms with Gasteiger partial charge in [0.15, 0.2) is 4.77 Å². The van der Waals surface area contributed by atoms with Crippen LogP contribution in [0.15, 0.2) is 12.4 Å². The van der Waals surface area contributed by atoms with Gasteiger partial charge in [0.05, 0.1) is 6.10 Å². The Morgan fingerprint density at radius 2 is 2.29 bits per heavy atom. The fraction of sp³-hybridized carbons (Fsp3) is 0.700. The first-order valence-corrected chi connectivity index (χ1v) is 5.46. The average Bonchev–Trinajstić information content (AvgIpc) is 2.51. The van der Waals surface area contributed by atoms with Crippen LogP contribution in [0.1, 0.15) is 26.7 Å². The maximum atomic E-state index is 5.45. The smallest absolute Gasteiger partial charge is 0.177 e. The van der Waals surface area contributed by atoms with E-state index in [-0.39, 0.29) is 0 Å². The third-order valence-electron chi connectivity index (χ3n) is 1.97. The molecular formula is C10H18N2OS. The lowest BCUT2D eigenvalue weighted by atomic mass is 10.3. The van der Waals surface area contributed by atoms with Gasteiger partial charge in [0.25, 0.3) is 0 Å². The average molecular weight is 214 g/mol. The summed E-state index contributed by atoms with van der Waals surface area (Å²) in [5, 5.41) is 0. The van der Waals surface area contributed by atoms with E-state index in [1.165, 1.54) is 0 Å². The Morgan fingerprint density at radius 1 is 1.50 bits per heavy atom. The van der Waals surface area contributed by atoms with Gasteiger partial charge in [-0.2, -0.15) is 0 Å². The zero-order valence-electron chi connectivity index (χ0n) is 8.82. The lowest BCUT2D eigenvalue weighted by Gasteiger charge is -2.07. The van der Waals surface area contributed by atoms with Gasteiger partial charge in [0.1, 0.15) is 0 Å². The predicted molar refractivity (Wildman–Crippen MR) is 59.9 cm³/mol. The van der Waals surface area contributed by atoms with Crippen molar-refractivity contribution in [3.05, 3.63) is 17.2 Å². The fourth-order valence-electron chi connectivity index (χ4n) is 1.23. The van der Waals surface area contributed by atoms with E-state index in [1.807, 2.05) is 17.0 Å². The number of H-pyrrole nitrogens is 1. The van der Waals surface area contributed by atoms with E-state index < -0.39 is 0 Å². The molecule has 0 aliphatic carbocycles. The van der Waals surface area contributed by atoms with Crippen LogP contribution in [0.3, 0.4) is 0 Å². The highest BCUT2D eigenvalue weighted by Gasteiger charge is 1.95. The first kappa shape index (κ1) is 11.5. The molecular weight excluding hydrogens is 196 g/mol. The summed E-state index contributed by atoms with van der Waals surface area (Å²) in [6.07, 6.45) is 6.38. The molecule has 0 aliphatic rings. The van der Waals surface area contributed by atoms with E-state index in [1.54, 1.807) is 0 Å². The topological polar surface area (TPSA) is 29.9 Å². The number of rotatable bonds is 6. The Hall–Kier alpha value is -0.610. The molecule has 0 amide bonds. The number of hydrogen-bond donors (Lipinski definition) is 1. The van der Waals surface area contributed by atoms with Gasteiger partial charge in [-0.3, -0.25) is 0 Å². The van der Waals surface area contributed by atoms with Gasteiger partial charge in [0, 0.05) is 25.5 Å². The maximum Gasteiger partial charge on any atom is 0.177 e. The third-order valence-corrected chi connectivity index (χ3v) is 2.32. The minimum atomic E-state index is 0.337. The van der Waals surface area contributed by atoms with E-state index >= 15 is 0 Å². The molecule has 0 fully saturated rings. The van der Waals surface area contributed by atoms with Crippen LogP contribution in [-0.2, 0) is 11.3 Å². The van der Waals surface area contributed by atoms with Crippen LogP contribution >= 0.6 is 12.2 Å². The van der Waals surface area contributed by atoms with Crippen molar-refractivity contribution in [3.8, 4) is 0 Å². The van der Waals surface area contributed by atoms with Gasteiger partial charge < -0.3 is 14.3 Å². The molecule has 4 heteroatoms. The van der Waals surface area contributed by atoms with E-state index in [4.69, 9.17) is 17.0 Å². The van der Waals surface area contributed by atoms with Gasteiger partial charge in [-0.05, 0) is 38.9 Å². The minimum Gasteiger partial charge on any atom is -0.379 e. The molecule has 0 spiro atoms. The number of nitrogens with zero attached hydrogens (tertiary/aromatic N) is 1. The summed E-state index contributed by atoms with van der Waals surface area (Å²) < 4.78 is 8.30. The zero-order chi connectivity index (χ0) is 10.4. The molecule has 0 bridgehead atoms. The Morgan fingerprint density at radius 3 is 2.86 bits per heavy atom. The van der Waals surface area contributed by atoms with Crippen LogP contribution in [0.25, 0.3) is 0 Å². The van der Waals surface area contributed by atoms with Crippen molar-refractivity contribution in [1.29, 1.82) is 0 Å². The summed E-state index contributed by atoms with van der Waals surface area (Å²) in [7, 11) is 0. The molecule has 0 atom stereocenters. The molecule has 80 valence electrons. The third kappa shape index (κ3) is 4.07. The van der Waals surface area contributed by atoms with E-state index in [0.29, 0.717) is 6.10 Å². The number of nitrogens with one attached hydrogen (secondary N) is 1. The molecule has 3 nitrogen and oxygen atoms in total. The summed E-state index contributed by atoms with van der Waals surface area (Å²) in [5.41, 5.74) is 0. The van der Waals surface area contributed by atoms with Crippen molar-refractivity contribution >= 4 is 12.2 Å². The highest BCUT2D eigenvalue weighted by atomic mass is 32.1. The Bertz CT molecular complexity index is 303. The predicted octanol–water partition coefficient (Wildman–Crippen LogP) is 2.75. The molecule has 1 N–H and O–H groups in total. The number of aromatic amines is 1. The molecule has 1 aromatic rings. The second-order valence-corrected chi connectivity index (χ2v) is 3.97. The van der Waals surface area contributed by atoms with Crippen LogP contribution in [0.5, 0.6) is 0 Å². The lowest BCUT2D eigenvalue weighted by molar-refractivity contribution is 0.0754. The van der Waals surface area contributed by atoms with Gasteiger partial charge >= 0.3 is 0 Å². The first-order chi connectivity index (χ1) is 6.70. The van der Waals surface area contributed by atoms with Crippen LogP contribution in [-0.4, -0.2) is 22.3 Å². The molecule has 0 aromatic carbocycles. The largest absolute Gasteiger partial charge is 0.379 e. The normalized spacial score (nSPS) is 11.1. The Kier molecular flexibility index (Phi) is 4.90. The molecule has 0 saturated carbocycles. The number of unbranched alkanes of at least 4 members (excludes halogenated alkanes) is 1. The molecule has 0 aliphatic heterocycles. The van der Waals surface area contributed by atoms with Crippen molar-refractivity contribution in [2.75, 3.05) is 6.61 Å². The number of aromatic nitrogens is 2.